The molecule has 1 aliphatic rings. The standard InChI is InChI=1S/C10H19F3N2/c1-7(2)8-4-3-5-15(8)9(6-14)10(11,12)13/h7-9H,3-6,14H2,1-2H3. The number of halogens is 3. The molecule has 15 heavy (non-hydrogen) atoms. The minimum absolute atomic E-state index is 0.0279. The predicted octanol–water partition coefficient (Wildman–Crippen LogP) is 2.00. The van der Waals surface area contributed by atoms with Crippen LogP contribution in [-0.4, -0.2) is 36.2 Å². The van der Waals surface area contributed by atoms with E-state index in [1.807, 2.05) is 13.8 Å². The monoisotopic (exact) mass is 224 g/mol. The Morgan fingerprint density at radius 2 is 2.00 bits per heavy atom. The van der Waals surface area contributed by atoms with Gasteiger partial charge in [-0.05, 0) is 25.3 Å². The smallest absolute Gasteiger partial charge is 0.329 e. The summed E-state index contributed by atoms with van der Waals surface area (Å²) in [5.74, 6) is 0.254. The lowest BCUT2D eigenvalue weighted by Crippen LogP contribution is -2.53. The summed E-state index contributed by atoms with van der Waals surface area (Å²) in [6.45, 7) is 4.11. The highest BCUT2D eigenvalue weighted by atomic mass is 19.4. The Labute approximate surface area is 88.6 Å². The average molecular weight is 224 g/mol. The van der Waals surface area contributed by atoms with Crippen LogP contribution in [0.4, 0.5) is 13.2 Å². The zero-order valence-electron chi connectivity index (χ0n) is 9.22. The Balaban J connectivity index is 2.75. The summed E-state index contributed by atoms with van der Waals surface area (Å²) in [6.07, 6.45) is -2.51. The summed E-state index contributed by atoms with van der Waals surface area (Å²) < 4.78 is 38.1. The molecule has 0 spiro atoms. The molecule has 1 fully saturated rings. The second-order valence-electron chi connectivity index (χ2n) is 4.48. The third-order valence-corrected chi connectivity index (χ3v) is 3.11. The van der Waals surface area contributed by atoms with Gasteiger partial charge in [0.15, 0.2) is 0 Å². The molecule has 0 saturated carbocycles. The van der Waals surface area contributed by atoms with Gasteiger partial charge in [0.05, 0.1) is 0 Å². The van der Waals surface area contributed by atoms with Crippen molar-refractivity contribution in [1.82, 2.24) is 4.90 Å². The topological polar surface area (TPSA) is 29.3 Å². The van der Waals surface area contributed by atoms with Gasteiger partial charge in [-0.15, -0.1) is 0 Å². The fourth-order valence-corrected chi connectivity index (χ4v) is 2.37. The van der Waals surface area contributed by atoms with Crippen molar-refractivity contribution in [2.24, 2.45) is 11.7 Å². The molecule has 0 aromatic rings. The van der Waals surface area contributed by atoms with E-state index in [4.69, 9.17) is 5.73 Å². The zero-order valence-corrected chi connectivity index (χ0v) is 9.22. The van der Waals surface area contributed by atoms with Crippen molar-refractivity contribution in [1.29, 1.82) is 0 Å². The summed E-state index contributed by atoms with van der Waals surface area (Å²) in [7, 11) is 0. The summed E-state index contributed by atoms with van der Waals surface area (Å²) in [5.41, 5.74) is 5.24. The molecule has 0 bridgehead atoms. The van der Waals surface area contributed by atoms with E-state index in [1.54, 1.807) is 0 Å². The first-order valence-electron chi connectivity index (χ1n) is 5.40. The fourth-order valence-electron chi connectivity index (χ4n) is 2.37. The molecule has 1 aliphatic heterocycles. The van der Waals surface area contributed by atoms with E-state index in [2.05, 4.69) is 0 Å². The van der Waals surface area contributed by atoms with Gasteiger partial charge in [-0.3, -0.25) is 4.90 Å². The van der Waals surface area contributed by atoms with Crippen molar-refractivity contribution >= 4 is 0 Å². The van der Waals surface area contributed by atoms with E-state index in [1.165, 1.54) is 4.90 Å². The lowest BCUT2D eigenvalue weighted by molar-refractivity contribution is -0.184. The molecule has 1 heterocycles. The van der Waals surface area contributed by atoms with Crippen LogP contribution >= 0.6 is 0 Å². The molecule has 2 N–H and O–H groups in total. The molecule has 1 rings (SSSR count). The third-order valence-electron chi connectivity index (χ3n) is 3.11. The van der Waals surface area contributed by atoms with Crippen LogP contribution in [0.15, 0.2) is 0 Å². The molecule has 2 unspecified atom stereocenters. The average Bonchev–Trinajstić information content (AvgIpc) is 2.51. The normalized spacial score (nSPS) is 26.2. The third kappa shape index (κ3) is 2.84. The van der Waals surface area contributed by atoms with Crippen LogP contribution in [0.2, 0.25) is 0 Å². The molecule has 2 nitrogen and oxygen atoms in total. The molecule has 1 saturated heterocycles. The minimum atomic E-state index is -4.20. The van der Waals surface area contributed by atoms with Gasteiger partial charge in [0.1, 0.15) is 6.04 Å². The van der Waals surface area contributed by atoms with Crippen LogP contribution in [0.1, 0.15) is 26.7 Å². The van der Waals surface area contributed by atoms with E-state index >= 15 is 0 Å². The van der Waals surface area contributed by atoms with Crippen LogP contribution in [0, 0.1) is 5.92 Å². The van der Waals surface area contributed by atoms with E-state index in [0.29, 0.717) is 6.54 Å². The molecule has 0 amide bonds. The highest BCUT2D eigenvalue weighted by Crippen LogP contribution is 2.32. The largest absolute Gasteiger partial charge is 0.405 e. The molecule has 0 radical (unpaired) electrons. The highest BCUT2D eigenvalue weighted by Gasteiger charge is 2.46. The van der Waals surface area contributed by atoms with Gasteiger partial charge in [0.25, 0.3) is 0 Å². The first kappa shape index (κ1) is 12.8. The maximum atomic E-state index is 12.7. The highest BCUT2D eigenvalue weighted by molar-refractivity contribution is 4.90. The molecule has 0 aliphatic carbocycles. The summed E-state index contributed by atoms with van der Waals surface area (Å²) in [6, 6.07) is -1.44. The summed E-state index contributed by atoms with van der Waals surface area (Å²) in [5, 5.41) is 0. The van der Waals surface area contributed by atoms with Crippen molar-refractivity contribution in [2.45, 2.75) is 44.9 Å². The fraction of sp³-hybridized carbons (Fsp3) is 1.00. The molecule has 0 aromatic heterocycles. The van der Waals surface area contributed by atoms with Gasteiger partial charge >= 0.3 is 6.18 Å². The Hall–Kier alpha value is -0.290. The van der Waals surface area contributed by atoms with E-state index < -0.39 is 12.2 Å². The molecule has 0 aromatic carbocycles. The quantitative estimate of drug-likeness (QED) is 0.794. The minimum Gasteiger partial charge on any atom is -0.329 e. The van der Waals surface area contributed by atoms with Crippen LogP contribution in [0.5, 0.6) is 0 Å². The van der Waals surface area contributed by atoms with Crippen molar-refractivity contribution in [2.75, 3.05) is 13.1 Å². The second kappa shape index (κ2) is 4.70. The maximum absolute atomic E-state index is 12.7. The Morgan fingerprint density at radius 3 is 2.40 bits per heavy atom. The van der Waals surface area contributed by atoms with Crippen molar-refractivity contribution < 1.29 is 13.2 Å². The summed E-state index contributed by atoms with van der Waals surface area (Å²) in [4.78, 5) is 1.53. The van der Waals surface area contributed by atoms with Crippen LogP contribution in [0.3, 0.4) is 0 Å². The molecular formula is C10H19F3N2. The molecule has 2 atom stereocenters. The Kier molecular flexibility index (Phi) is 4.00. The molecule has 5 heteroatoms. The first-order chi connectivity index (χ1) is 6.88. The van der Waals surface area contributed by atoms with Gasteiger partial charge in [-0.2, -0.15) is 13.2 Å². The Morgan fingerprint density at radius 1 is 1.40 bits per heavy atom. The van der Waals surface area contributed by atoms with Gasteiger partial charge in [-0.25, -0.2) is 0 Å². The lowest BCUT2D eigenvalue weighted by Gasteiger charge is -2.35. The van der Waals surface area contributed by atoms with Gasteiger partial charge in [0.2, 0.25) is 0 Å². The first-order valence-corrected chi connectivity index (χ1v) is 5.40. The summed E-state index contributed by atoms with van der Waals surface area (Å²) >= 11 is 0. The SMILES string of the molecule is CC(C)C1CCCN1C(CN)C(F)(F)F. The number of rotatable bonds is 3. The predicted molar refractivity (Wildman–Crippen MR) is 53.5 cm³/mol. The van der Waals surface area contributed by atoms with Crippen LogP contribution < -0.4 is 5.73 Å². The van der Waals surface area contributed by atoms with Crippen molar-refractivity contribution in [3.05, 3.63) is 0 Å². The van der Waals surface area contributed by atoms with Gasteiger partial charge < -0.3 is 5.73 Å². The van der Waals surface area contributed by atoms with Gasteiger partial charge in [-0.1, -0.05) is 13.8 Å². The number of hydrogen-bond donors (Lipinski definition) is 1. The van der Waals surface area contributed by atoms with Crippen molar-refractivity contribution in [3.63, 3.8) is 0 Å². The van der Waals surface area contributed by atoms with E-state index in [-0.39, 0.29) is 18.5 Å². The second-order valence-corrected chi connectivity index (χ2v) is 4.48. The van der Waals surface area contributed by atoms with Gasteiger partial charge in [0, 0.05) is 12.6 Å². The molecular weight excluding hydrogens is 205 g/mol. The van der Waals surface area contributed by atoms with E-state index in [9.17, 15) is 13.2 Å². The van der Waals surface area contributed by atoms with Crippen molar-refractivity contribution in [3.8, 4) is 0 Å². The van der Waals surface area contributed by atoms with E-state index in [0.717, 1.165) is 12.8 Å². The van der Waals surface area contributed by atoms with Crippen LogP contribution in [0.25, 0.3) is 0 Å². The number of hydrogen-bond acceptors (Lipinski definition) is 2. The number of nitrogens with two attached hydrogens (primary N) is 1. The number of likely N-dealkylation sites (tertiary alicyclic amines) is 1. The maximum Gasteiger partial charge on any atom is 0.405 e. The zero-order chi connectivity index (χ0) is 11.6. The molecule has 90 valence electrons. The number of alkyl halides is 3. The Bertz CT molecular complexity index is 203. The van der Waals surface area contributed by atoms with Crippen LogP contribution in [-0.2, 0) is 0 Å². The lowest BCUT2D eigenvalue weighted by atomic mass is 10.0. The number of nitrogens with zero attached hydrogens (tertiary/aromatic N) is 1.